The van der Waals surface area contributed by atoms with E-state index in [1.165, 1.54) is 5.56 Å². The van der Waals surface area contributed by atoms with Gasteiger partial charge in [0.2, 0.25) is 0 Å². The van der Waals surface area contributed by atoms with E-state index in [2.05, 4.69) is 22.8 Å². The fraction of sp³-hybridized carbons (Fsp3) is 0.211. The van der Waals surface area contributed by atoms with Gasteiger partial charge in [0.15, 0.2) is 0 Å². The van der Waals surface area contributed by atoms with E-state index < -0.39 is 0 Å². The van der Waals surface area contributed by atoms with Crippen molar-refractivity contribution in [2.75, 3.05) is 6.54 Å². The molecule has 1 heterocycles. The molecule has 0 bridgehead atoms. The molecule has 0 saturated heterocycles. The highest BCUT2D eigenvalue weighted by molar-refractivity contribution is 5.78. The molecule has 0 spiro atoms. The van der Waals surface area contributed by atoms with Crippen LogP contribution in [0.3, 0.4) is 0 Å². The highest BCUT2D eigenvalue weighted by Crippen LogP contribution is 2.18. The van der Waals surface area contributed by atoms with Gasteiger partial charge in [-0.2, -0.15) is 0 Å². The van der Waals surface area contributed by atoms with Crippen LogP contribution in [0.5, 0.6) is 0 Å². The number of amides is 2. The van der Waals surface area contributed by atoms with Gasteiger partial charge in [0.25, 0.3) is 0 Å². The maximum Gasteiger partial charge on any atom is 0.315 e. The number of fused-ring (bicyclic) bond motifs is 1. The monoisotopic (exact) mass is 308 g/mol. The van der Waals surface area contributed by atoms with Crippen LogP contribution in [-0.4, -0.2) is 12.6 Å². The van der Waals surface area contributed by atoms with Crippen molar-refractivity contribution in [1.82, 2.24) is 10.6 Å². The molecule has 0 aliphatic rings. The van der Waals surface area contributed by atoms with Crippen LogP contribution < -0.4 is 10.6 Å². The van der Waals surface area contributed by atoms with E-state index in [9.17, 15) is 4.79 Å². The number of furan rings is 1. The minimum Gasteiger partial charge on any atom is -0.459 e. The summed E-state index contributed by atoms with van der Waals surface area (Å²) < 4.78 is 5.66. The number of benzene rings is 2. The normalized spacial score (nSPS) is 10.6. The SMILES string of the molecule is O=C(NCCCc1ccccc1)NCc1cc2ccccc2o1. The Labute approximate surface area is 135 Å². The highest BCUT2D eigenvalue weighted by Gasteiger charge is 2.05. The highest BCUT2D eigenvalue weighted by atomic mass is 16.3. The van der Waals surface area contributed by atoms with Gasteiger partial charge in [-0.3, -0.25) is 0 Å². The number of urea groups is 1. The summed E-state index contributed by atoms with van der Waals surface area (Å²) in [5.74, 6) is 0.755. The molecule has 0 fully saturated rings. The quantitative estimate of drug-likeness (QED) is 0.679. The van der Waals surface area contributed by atoms with Gasteiger partial charge in [-0.1, -0.05) is 48.5 Å². The molecule has 23 heavy (non-hydrogen) atoms. The minimum atomic E-state index is -0.168. The summed E-state index contributed by atoms with van der Waals surface area (Å²) in [5.41, 5.74) is 2.13. The number of carbonyl (C=O) groups is 1. The summed E-state index contributed by atoms with van der Waals surface area (Å²) in [7, 11) is 0. The van der Waals surface area contributed by atoms with Gasteiger partial charge in [-0.15, -0.1) is 0 Å². The van der Waals surface area contributed by atoms with Crippen LogP contribution in [0.4, 0.5) is 4.79 Å². The topological polar surface area (TPSA) is 54.3 Å². The number of nitrogens with one attached hydrogen (secondary N) is 2. The maximum absolute atomic E-state index is 11.8. The minimum absolute atomic E-state index is 0.168. The number of hydrogen-bond acceptors (Lipinski definition) is 2. The smallest absolute Gasteiger partial charge is 0.315 e. The molecule has 4 nitrogen and oxygen atoms in total. The largest absolute Gasteiger partial charge is 0.459 e. The van der Waals surface area contributed by atoms with E-state index in [1.807, 2.05) is 48.5 Å². The lowest BCUT2D eigenvalue weighted by molar-refractivity contribution is 0.239. The van der Waals surface area contributed by atoms with Crippen molar-refractivity contribution in [1.29, 1.82) is 0 Å². The molecule has 2 aromatic carbocycles. The van der Waals surface area contributed by atoms with Crippen LogP contribution >= 0.6 is 0 Å². The van der Waals surface area contributed by atoms with Gasteiger partial charge in [-0.25, -0.2) is 4.79 Å². The van der Waals surface area contributed by atoms with Crippen molar-refractivity contribution < 1.29 is 9.21 Å². The fourth-order valence-corrected chi connectivity index (χ4v) is 2.49. The fourth-order valence-electron chi connectivity index (χ4n) is 2.49. The summed E-state index contributed by atoms with van der Waals surface area (Å²) in [4.78, 5) is 11.8. The van der Waals surface area contributed by atoms with Crippen molar-refractivity contribution in [3.8, 4) is 0 Å². The van der Waals surface area contributed by atoms with Crippen LogP contribution in [0.15, 0.2) is 65.1 Å². The summed E-state index contributed by atoms with van der Waals surface area (Å²) in [6.07, 6.45) is 1.88. The van der Waals surface area contributed by atoms with Crippen LogP contribution in [0.25, 0.3) is 11.0 Å². The molecular formula is C19H20N2O2. The van der Waals surface area contributed by atoms with E-state index in [0.29, 0.717) is 13.1 Å². The molecule has 0 aliphatic carbocycles. The Morgan fingerprint density at radius 1 is 0.957 bits per heavy atom. The second kappa shape index (κ2) is 7.49. The maximum atomic E-state index is 11.8. The molecule has 0 saturated carbocycles. The van der Waals surface area contributed by atoms with Gasteiger partial charge in [0.05, 0.1) is 6.54 Å². The Morgan fingerprint density at radius 2 is 1.74 bits per heavy atom. The van der Waals surface area contributed by atoms with Crippen LogP contribution in [0.1, 0.15) is 17.7 Å². The van der Waals surface area contributed by atoms with E-state index in [0.717, 1.165) is 29.6 Å². The Morgan fingerprint density at radius 3 is 2.57 bits per heavy atom. The van der Waals surface area contributed by atoms with Crippen molar-refractivity contribution in [2.45, 2.75) is 19.4 Å². The van der Waals surface area contributed by atoms with E-state index >= 15 is 0 Å². The average Bonchev–Trinajstić information content (AvgIpc) is 3.01. The average molecular weight is 308 g/mol. The predicted molar refractivity (Wildman–Crippen MR) is 91.2 cm³/mol. The second-order valence-corrected chi connectivity index (χ2v) is 5.45. The summed E-state index contributed by atoms with van der Waals surface area (Å²) in [6, 6.07) is 19.9. The molecule has 0 aliphatic heterocycles. The van der Waals surface area contributed by atoms with Crippen molar-refractivity contribution in [3.63, 3.8) is 0 Å². The molecule has 0 atom stereocenters. The molecule has 3 rings (SSSR count). The zero-order valence-electron chi connectivity index (χ0n) is 12.9. The van der Waals surface area contributed by atoms with E-state index in [-0.39, 0.29) is 6.03 Å². The van der Waals surface area contributed by atoms with Gasteiger partial charge in [0, 0.05) is 11.9 Å². The van der Waals surface area contributed by atoms with Crippen LogP contribution in [-0.2, 0) is 13.0 Å². The Balaban J connectivity index is 1.38. The molecule has 1 aromatic heterocycles. The Hall–Kier alpha value is -2.75. The predicted octanol–water partition coefficient (Wildman–Crippen LogP) is 3.86. The first kappa shape index (κ1) is 15.2. The zero-order valence-corrected chi connectivity index (χ0v) is 12.9. The number of rotatable bonds is 6. The molecule has 0 radical (unpaired) electrons. The number of hydrogen-bond donors (Lipinski definition) is 2. The number of para-hydroxylation sites is 1. The summed E-state index contributed by atoms with van der Waals surface area (Å²) in [5, 5.41) is 6.73. The van der Waals surface area contributed by atoms with E-state index in [1.54, 1.807) is 0 Å². The molecule has 3 aromatic rings. The Kier molecular flexibility index (Phi) is 4.94. The lowest BCUT2D eigenvalue weighted by Gasteiger charge is -2.06. The van der Waals surface area contributed by atoms with Gasteiger partial charge < -0.3 is 15.1 Å². The lowest BCUT2D eigenvalue weighted by Crippen LogP contribution is -2.35. The van der Waals surface area contributed by atoms with E-state index in [4.69, 9.17) is 4.42 Å². The molecule has 4 heteroatoms. The van der Waals surface area contributed by atoms with Crippen molar-refractivity contribution in [3.05, 3.63) is 72.0 Å². The number of carbonyl (C=O) groups excluding carboxylic acids is 1. The zero-order chi connectivity index (χ0) is 15.9. The molecule has 2 N–H and O–H groups in total. The Bertz CT molecular complexity index is 732. The standard InChI is InChI=1S/C19H20N2O2/c22-19(20-12-6-9-15-7-2-1-3-8-15)21-14-17-13-16-10-4-5-11-18(16)23-17/h1-5,7-8,10-11,13H,6,9,12,14H2,(H2,20,21,22). The third-order valence-electron chi connectivity index (χ3n) is 3.67. The second-order valence-electron chi connectivity index (χ2n) is 5.45. The summed E-state index contributed by atoms with van der Waals surface area (Å²) in [6.45, 7) is 1.04. The first-order valence-electron chi connectivity index (χ1n) is 7.84. The number of aryl methyl sites for hydroxylation is 1. The molecule has 118 valence electrons. The van der Waals surface area contributed by atoms with Gasteiger partial charge >= 0.3 is 6.03 Å². The first-order valence-corrected chi connectivity index (χ1v) is 7.84. The molecular weight excluding hydrogens is 288 g/mol. The third-order valence-corrected chi connectivity index (χ3v) is 3.67. The van der Waals surface area contributed by atoms with Crippen LogP contribution in [0, 0.1) is 0 Å². The first-order chi connectivity index (χ1) is 11.3. The molecule has 0 unspecified atom stereocenters. The lowest BCUT2D eigenvalue weighted by atomic mass is 10.1. The van der Waals surface area contributed by atoms with Crippen LogP contribution in [0.2, 0.25) is 0 Å². The third kappa shape index (κ3) is 4.36. The molecule has 2 amide bonds. The van der Waals surface area contributed by atoms with Crippen molar-refractivity contribution in [2.24, 2.45) is 0 Å². The summed E-state index contributed by atoms with van der Waals surface area (Å²) >= 11 is 0. The van der Waals surface area contributed by atoms with Gasteiger partial charge in [0.1, 0.15) is 11.3 Å². The van der Waals surface area contributed by atoms with Gasteiger partial charge in [-0.05, 0) is 30.5 Å². The van der Waals surface area contributed by atoms with Crippen molar-refractivity contribution >= 4 is 17.0 Å².